The van der Waals surface area contributed by atoms with Gasteiger partial charge in [-0.15, -0.1) is 6.58 Å². The maximum atomic E-state index is 11.7. The van der Waals surface area contributed by atoms with Crippen LogP contribution < -0.4 is 0 Å². The minimum absolute atomic E-state index is 0.0578. The highest BCUT2D eigenvalue weighted by molar-refractivity contribution is 7.89. The summed E-state index contributed by atoms with van der Waals surface area (Å²) < 4.78 is 28.9. The normalized spacial score (nSPS) is 11.4. The van der Waals surface area contributed by atoms with Crippen LogP contribution in [0.3, 0.4) is 0 Å². The van der Waals surface area contributed by atoms with Crippen LogP contribution in [0.25, 0.3) is 0 Å². The highest BCUT2D eigenvalue weighted by atomic mass is 32.2. The summed E-state index contributed by atoms with van der Waals surface area (Å²) in [5, 5.41) is 8.71. The molecular weight excluding hydrogens is 234 g/mol. The summed E-state index contributed by atoms with van der Waals surface area (Å²) in [5.41, 5.74) is 0. The summed E-state index contributed by atoms with van der Waals surface area (Å²) >= 11 is 0. The summed E-state index contributed by atoms with van der Waals surface area (Å²) in [6.45, 7) is 4.83. The van der Waals surface area contributed by atoms with Crippen molar-refractivity contribution in [3.05, 3.63) is 12.7 Å². The number of nitrogens with zero attached hydrogens (tertiary/aromatic N) is 1. The Bertz CT molecular complexity index is 325. The Morgan fingerprint density at radius 1 is 1.56 bits per heavy atom. The number of rotatable bonds is 8. The van der Waals surface area contributed by atoms with E-state index in [1.54, 1.807) is 6.92 Å². The van der Waals surface area contributed by atoms with Crippen LogP contribution in [0.4, 0.5) is 0 Å². The van der Waals surface area contributed by atoms with Crippen LogP contribution in [0.1, 0.15) is 6.92 Å². The number of sulfonamides is 1. The van der Waals surface area contributed by atoms with Crippen LogP contribution in [0, 0.1) is 0 Å². The zero-order chi connectivity index (χ0) is 12.6. The van der Waals surface area contributed by atoms with E-state index in [4.69, 9.17) is 5.11 Å². The first-order valence-corrected chi connectivity index (χ1v) is 6.44. The van der Waals surface area contributed by atoms with Crippen molar-refractivity contribution in [1.82, 2.24) is 4.31 Å². The SMILES string of the molecule is C=CCN(CCO)S(=O)(=O)CC(=O)OCC. The third kappa shape index (κ3) is 5.24. The van der Waals surface area contributed by atoms with Crippen molar-refractivity contribution in [2.24, 2.45) is 0 Å². The molecule has 0 aliphatic heterocycles. The van der Waals surface area contributed by atoms with E-state index in [2.05, 4.69) is 11.3 Å². The van der Waals surface area contributed by atoms with Gasteiger partial charge in [0.05, 0.1) is 13.2 Å². The second kappa shape index (κ2) is 7.37. The number of aliphatic hydroxyl groups excluding tert-OH is 1. The summed E-state index contributed by atoms with van der Waals surface area (Å²) in [7, 11) is -3.74. The number of carbonyl (C=O) groups is 1. The fourth-order valence-electron chi connectivity index (χ4n) is 1.04. The van der Waals surface area contributed by atoms with E-state index in [1.165, 1.54) is 6.08 Å². The molecule has 0 fully saturated rings. The molecule has 0 aromatic carbocycles. The zero-order valence-corrected chi connectivity index (χ0v) is 10.1. The topological polar surface area (TPSA) is 83.9 Å². The third-order valence-corrected chi connectivity index (χ3v) is 3.40. The summed E-state index contributed by atoms with van der Waals surface area (Å²) in [6, 6.07) is 0. The van der Waals surface area contributed by atoms with Crippen LogP contribution in [0.5, 0.6) is 0 Å². The zero-order valence-electron chi connectivity index (χ0n) is 9.26. The van der Waals surface area contributed by atoms with Gasteiger partial charge in [0.25, 0.3) is 0 Å². The fraction of sp³-hybridized carbons (Fsp3) is 0.667. The molecule has 0 aromatic heterocycles. The molecule has 0 rings (SSSR count). The van der Waals surface area contributed by atoms with Gasteiger partial charge in [-0.05, 0) is 6.92 Å². The smallest absolute Gasteiger partial charge is 0.322 e. The molecule has 0 saturated carbocycles. The first kappa shape index (κ1) is 15.1. The summed E-state index contributed by atoms with van der Waals surface area (Å²) in [6.07, 6.45) is 1.39. The molecule has 0 aliphatic carbocycles. The van der Waals surface area contributed by atoms with Crippen molar-refractivity contribution >= 4 is 16.0 Å². The van der Waals surface area contributed by atoms with Crippen molar-refractivity contribution in [3.63, 3.8) is 0 Å². The molecule has 6 nitrogen and oxygen atoms in total. The lowest BCUT2D eigenvalue weighted by atomic mass is 10.6. The Morgan fingerprint density at radius 2 is 2.19 bits per heavy atom. The highest BCUT2D eigenvalue weighted by Crippen LogP contribution is 2.02. The molecule has 1 N–H and O–H groups in total. The van der Waals surface area contributed by atoms with Crippen molar-refractivity contribution in [3.8, 4) is 0 Å². The van der Waals surface area contributed by atoms with Gasteiger partial charge in [0.1, 0.15) is 0 Å². The highest BCUT2D eigenvalue weighted by Gasteiger charge is 2.24. The van der Waals surface area contributed by atoms with Crippen molar-refractivity contribution in [2.75, 3.05) is 32.1 Å². The van der Waals surface area contributed by atoms with E-state index < -0.39 is 21.7 Å². The van der Waals surface area contributed by atoms with Gasteiger partial charge in [0.15, 0.2) is 5.75 Å². The molecular formula is C9H17NO5S. The van der Waals surface area contributed by atoms with Gasteiger partial charge >= 0.3 is 5.97 Å². The Labute approximate surface area is 95.6 Å². The molecule has 0 aliphatic rings. The first-order valence-electron chi connectivity index (χ1n) is 4.83. The molecule has 0 spiro atoms. The number of aliphatic hydroxyl groups is 1. The van der Waals surface area contributed by atoms with Crippen LogP contribution in [0.2, 0.25) is 0 Å². The van der Waals surface area contributed by atoms with Crippen molar-refractivity contribution in [1.29, 1.82) is 0 Å². The Kier molecular flexibility index (Phi) is 6.95. The number of ether oxygens (including phenoxy) is 1. The molecule has 0 unspecified atom stereocenters. The third-order valence-electron chi connectivity index (χ3n) is 1.68. The van der Waals surface area contributed by atoms with Gasteiger partial charge in [0, 0.05) is 13.1 Å². The van der Waals surface area contributed by atoms with Crippen LogP contribution in [-0.4, -0.2) is 55.9 Å². The predicted octanol–water partition coefficient (Wildman–Crippen LogP) is -0.640. The molecule has 7 heteroatoms. The Morgan fingerprint density at radius 3 is 2.62 bits per heavy atom. The number of hydrogen-bond donors (Lipinski definition) is 1. The molecule has 94 valence electrons. The molecule has 0 atom stereocenters. The van der Waals surface area contributed by atoms with Crippen molar-refractivity contribution < 1.29 is 23.1 Å². The first-order chi connectivity index (χ1) is 7.47. The summed E-state index contributed by atoms with van der Waals surface area (Å²) in [5.74, 6) is -1.51. The van der Waals surface area contributed by atoms with E-state index in [1.807, 2.05) is 0 Å². The van der Waals surface area contributed by atoms with Gasteiger partial charge in [0.2, 0.25) is 10.0 Å². The average Bonchev–Trinajstić information content (AvgIpc) is 2.17. The number of esters is 1. The van der Waals surface area contributed by atoms with Crippen LogP contribution >= 0.6 is 0 Å². The van der Waals surface area contributed by atoms with Crippen molar-refractivity contribution in [2.45, 2.75) is 6.92 Å². The van der Waals surface area contributed by atoms with Crippen LogP contribution in [-0.2, 0) is 19.6 Å². The van der Waals surface area contributed by atoms with E-state index in [0.29, 0.717) is 0 Å². The van der Waals surface area contributed by atoms with E-state index in [9.17, 15) is 13.2 Å². The quantitative estimate of drug-likeness (QED) is 0.458. The predicted molar refractivity (Wildman–Crippen MR) is 59.3 cm³/mol. The van der Waals surface area contributed by atoms with E-state index >= 15 is 0 Å². The van der Waals surface area contributed by atoms with Gasteiger partial charge in [-0.1, -0.05) is 6.08 Å². The molecule has 0 aromatic rings. The largest absolute Gasteiger partial charge is 0.465 e. The molecule has 0 heterocycles. The van der Waals surface area contributed by atoms with Gasteiger partial charge in [-0.2, -0.15) is 4.31 Å². The standard InChI is InChI=1S/C9H17NO5S/c1-3-5-10(6-7-11)16(13,14)8-9(12)15-4-2/h3,11H,1,4-8H2,2H3. The number of hydrogen-bond acceptors (Lipinski definition) is 5. The summed E-state index contributed by atoms with van der Waals surface area (Å²) in [4.78, 5) is 11.1. The molecule has 0 radical (unpaired) electrons. The van der Waals surface area contributed by atoms with Gasteiger partial charge in [-0.3, -0.25) is 4.79 Å². The molecule has 0 saturated heterocycles. The minimum Gasteiger partial charge on any atom is -0.465 e. The van der Waals surface area contributed by atoms with Gasteiger partial charge < -0.3 is 9.84 Å². The fourth-order valence-corrected chi connectivity index (χ4v) is 2.30. The lowest BCUT2D eigenvalue weighted by molar-refractivity contribution is -0.140. The maximum absolute atomic E-state index is 11.7. The lowest BCUT2D eigenvalue weighted by Gasteiger charge is -2.18. The Balaban J connectivity index is 4.58. The second-order valence-corrected chi connectivity index (χ2v) is 4.90. The second-order valence-electron chi connectivity index (χ2n) is 2.93. The van der Waals surface area contributed by atoms with Gasteiger partial charge in [-0.25, -0.2) is 8.42 Å². The van der Waals surface area contributed by atoms with Crippen LogP contribution in [0.15, 0.2) is 12.7 Å². The van der Waals surface area contributed by atoms with E-state index in [0.717, 1.165) is 4.31 Å². The Hall–Kier alpha value is -0.920. The average molecular weight is 251 g/mol. The molecule has 0 amide bonds. The molecule has 0 bridgehead atoms. The number of carbonyl (C=O) groups excluding carboxylic acids is 1. The van der Waals surface area contributed by atoms with E-state index in [-0.39, 0.29) is 26.3 Å². The minimum atomic E-state index is -3.74. The molecule has 16 heavy (non-hydrogen) atoms. The maximum Gasteiger partial charge on any atom is 0.322 e. The monoisotopic (exact) mass is 251 g/mol. The lowest BCUT2D eigenvalue weighted by Crippen LogP contribution is -2.38.